The Bertz CT molecular complexity index is 408. The molecule has 0 bridgehead atoms. The molecule has 0 heterocycles. The van der Waals surface area contributed by atoms with Crippen molar-refractivity contribution in [1.29, 1.82) is 0 Å². The molecule has 2 unspecified atom stereocenters. The molecule has 0 aromatic heterocycles. The zero-order chi connectivity index (χ0) is 14.5. The lowest BCUT2D eigenvalue weighted by Gasteiger charge is -2.22. The van der Waals surface area contributed by atoms with Crippen molar-refractivity contribution in [3.63, 3.8) is 0 Å². The molecule has 4 nitrogen and oxygen atoms in total. The van der Waals surface area contributed by atoms with Gasteiger partial charge in [0.05, 0.1) is 6.04 Å². The molecular formula is C12H14F3NO3. The molecule has 19 heavy (non-hydrogen) atoms. The third-order valence-corrected chi connectivity index (χ3v) is 2.31. The van der Waals surface area contributed by atoms with Gasteiger partial charge in [-0.05, 0) is 19.1 Å². The van der Waals surface area contributed by atoms with E-state index in [0.717, 1.165) is 6.92 Å². The number of hydrogen-bond acceptors (Lipinski definition) is 3. The van der Waals surface area contributed by atoms with Crippen molar-refractivity contribution in [3.05, 3.63) is 30.3 Å². The molecule has 0 saturated carbocycles. The lowest BCUT2D eigenvalue weighted by Crippen LogP contribution is -2.49. The molecular weight excluding hydrogens is 263 g/mol. The third-order valence-electron chi connectivity index (χ3n) is 2.31. The van der Waals surface area contributed by atoms with Gasteiger partial charge >= 0.3 is 6.18 Å². The molecule has 0 fully saturated rings. The molecule has 2 atom stereocenters. The lowest BCUT2D eigenvalue weighted by atomic mass is 10.2. The smallest absolute Gasteiger partial charge is 0.416 e. The predicted molar refractivity (Wildman–Crippen MR) is 61.6 cm³/mol. The van der Waals surface area contributed by atoms with Crippen molar-refractivity contribution < 1.29 is 27.8 Å². The minimum atomic E-state index is -4.77. The summed E-state index contributed by atoms with van der Waals surface area (Å²) in [5, 5.41) is 10.9. The van der Waals surface area contributed by atoms with Crippen LogP contribution >= 0.6 is 0 Å². The first-order chi connectivity index (χ1) is 8.80. The maximum Gasteiger partial charge on any atom is 0.416 e. The van der Waals surface area contributed by atoms with Gasteiger partial charge in [0.1, 0.15) is 5.75 Å². The first-order valence-corrected chi connectivity index (χ1v) is 5.52. The summed E-state index contributed by atoms with van der Waals surface area (Å²) in [6.45, 7) is 0.650. The van der Waals surface area contributed by atoms with Crippen molar-refractivity contribution >= 4 is 5.91 Å². The molecule has 1 rings (SSSR count). The average Bonchev–Trinajstić information content (AvgIpc) is 2.35. The van der Waals surface area contributed by atoms with E-state index in [0.29, 0.717) is 5.75 Å². The number of hydrogen-bond donors (Lipinski definition) is 2. The van der Waals surface area contributed by atoms with Crippen LogP contribution in [-0.4, -0.2) is 35.9 Å². The van der Waals surface area contributed by atoms with Crippen molar-refractivity contribution in [3.8, 4) is 5.75 Å². The Morgan fingerprint density at radius 3 is 2.47 bits per heavy atom. The van der Waals surface area contributed by atoms with Gasteiger partial charge in [0.2, 0.25) is 0 Å². The van der Waals surface area contributed by atoms with Gasteiger partial charge in [0.15, 0.2) is 12.7 Å². The fourth-order valence-corrected chi connectivity index (χ4v) is 1.32. The molecule has 0 aliphatic rings. The Balaban J connectivity index is 2.39. The maximum absolute atomic E-state index is 12.2. The van der Waals surface area contributed by atoms with Gasteiger partial charge in [-0.25, -0.2) is 0 Å². The summed E-state index contributed by atoms with van der Waals surface area (Å²) >= 11 is 0. The number of aliphatic hydroxyl groups is 1. The van der Waals surface area contributed by atoms with Crippen LogP contribution in [0.25, 0.3) is 0 Å². The van der Waals surface area contributed by atoms with E-state index in [-0.39, 0.29) is 0 Å². The predicted octanol–water partition coefficient (Wildman–Crippen LogP) is 1.49. The molecule has 0 saturated heterocycles. The van der Waals surface area contributed by atoms with Gasteiger partial charge in [0, 0.05) is 0 Å². The van der Waals surface area contributed by atoms with Crippen molar-refractivity contribution in [2.45, 2.75) is 25.2 Å². The summed E-state index contributed by atoms with van der Waals surface area (Å²) in [5.74, 6) is -0.304. The van der Waals surface area contributed by atoms with Crippen molar-refractivity contribution in [2.24, 2.45) is 0 Å². The Morgan fingerprint density at radius 1 is 1.37 bits per heavy atom. The standard InChI is InChI=1S/C12H14F3NO3/c1-8(11(18)12(13,14)15)16-10(17)7-19-9-5-3-2-4-6-9/h2-6,8,11,18H,7H2,1H3,(H,16,17). The quantitative estimate of drug-likeness (QED) is 0.857. The second-order valence-corrected chi connectivity index (χ2v) is 3.94. The van der Waals surface area contributed by atoms with Crippen LogP contribution in [0.5, 0.6) is 5.75 Å². The number of carbonyl (C=O) groups is 1. The number of aliphatic hydroxyl groups excluding tert-OH is 1. The van der Waals surface area contributed by atoms with Gasteiger partial charge < -0.3 is 15.2 Å². The largest absolute Gasteiger partial charge is 0.484 e. The molecule has 0 aliphatic carbocycles. The van der Waals surface area contributed by atoms with Gasteiger partial charge in [-0.2, -0.15) is 13.2 Å². The normalized spacial score (nSPS) is 14.6. The van der Waals surface area contributed by atoms with Gasteiger partial charge in [-0.1, -0.05) is 18.2 Å². The van der Waals surface area contributed by atoms with Crippen LogP contribution in [0.4, 0.5) is 13.2 Å². The van der Waals surface area contributed by atoms with Gasteiger partial charge in [-0.3, -0.25) is 4.79 Å². The number of amides is 1. The van der Waals surface area contributed by atoms with Crippen molar-refractivity contribution in [1.82, 2.24) is 5.32 Å². The van der Waals surface area contributed by atoms with Crippen LogP contribution in [0.2, 0.25) is 0 Å². The summed E-state index contributed by atoms with van der Waals surface area (Å²) in [5.41, 5.74) is 0. The van der Waals surface area contributed by atoms with E-state index < -0.39 is 30.8 Å². The Morgan fingerprint density at radius 2 is 1.95 bits per heavy atom. The molecule has 1 aromatic carbocycles. The highest BCUT2D eigenvalue weighted by Gasteiger charge is 2.42. The number of benzene rings is 1. The van der Waals surface area contributed by atoms with Crippen LogP contribution in [0.15, 0.2) is 30.3 Å². The second kappa shape index (κ2) is 6.42. The van der Waals surface area contributed by atoms with Crippen molar-refractivity contribution in [2.75, 3.05) is 6.61 Å². The summed E-state index contributed by atoms with van der Waals surface area (Å²) in [4.78, 5) is 11.3. The maximum atomic E-state index is 12.2. The summed E-state index contributed by atoms with van der Waals surface area (Å²) in [7, 11) is 0. The number of halogens is 3. The number of alkyl halides is 3. The van der Waals surface area contributed by atoms with E-state index in [4.69, 9.17) is 9.84 Å². The monoisotopic (exact) mass is 277 g/mol. The van der Waals surface area contributed by atoms with Crippen LogP contribution in [0.1, 0.15) is 6.92 Å². The SMILES string of the molecule is CC(NC(=O)COc1ccccc1)C(O)C(F)(F)F. The van der Waals surface area contributed by atoms with E-state index in [2.05, 4.69) is 0 Å². The Hall–Kier alpha value is -1.76. The fourth-order valence-electron chi connectivity index (χ4n) is 1.32. The number of rotatable bonds is 5. The first-order valence-electron chi connectivity index (χ1n) is 5.52. The molecule has 0 radical (unpaired) electrons. The van der Waals surface area contributed by atoms with E-state index in [1.54, 1.807) is 30.3 Å². The highest BCUT2D eigenvalue weighted by atomic mass is 19.4. The highest BCUT2D eigenvalue weighted by molar-refractivity contribution is 5.77. The number of carbonyl (C=O) groups excluding carboxylic acids is 1. The number of nitrogens with one attached hydrogen (secondary N) is 1. The fraction of sp³-hybridized carbons (Fsp3) is 0.417. The minimum Gasteiger partial charge on any atom is -0.484 e. The van der Waals surface area contributed by atoms with Gasteiger partial charge in [-0.15, -0.1) is 0 Å². The zero-order valence-corrected chi connectivity index (χ0v) is 10.1. The van der Waals surface area contributed by atoms with Crippen LogP contribution in [-0.2, 0) is 4.79 Å². The van der Waals surface area contributed by atoms with E-state index in [9.17, 15) is 18.0 Å². The summed E-state index contributed by atoms with van der Waals surface area (Å²) < 4.78 is 41.6. The molecule has 0 aliphatic heterocycles. The zero-order valence-electron chi connectivity index (χ0n) is 10.1. The molecule has 7 heteroatoms. The van der Waals surface area contributed by atoms with Crippen LogP contribution in [0.3, 0.4) is 0 Å². The summed E-state index contributed by atoms with van der Waals surface area (Å²) in [6, 6.07) is 6.94. The van der Waals surface area contributed by atoms with Crippen LogP contribution < -0.4 is 10.1 Å². The minimum absolute atomic E-state index is 0.418. The molecule has 0 spiro atoms. The lowest BCUT2D eigenvalue weighted by molar-refractivity contribution is -0.210. The van der Waals surface area contributed by atoms with Gasteiger partial charge in [0.25, 0.3) is 5.91 Å². The molecule has 1 amide bonds. The number of ether oxygens (including phenoxy) is 1. The second-order valence-electron chi connectivity index (χ2n) is 3.94. The molecule has 1 aromatic rings. The molecule has 2 N–H and O–H groups in total. The van der Waals surface area contributed by atoms with E-state index in [1.807, 2.05) is 5.32 Å². The Kier molecular flexibility index (Phi) is 5.17. The average molecular weight is 277 g/mol. The third kappa shape index (κ3) is 5.17. The van der Waals surface area contributed by atoms with Crippen LogP contribution in [0, 0.1) is 0 Å². The molecule has 106 valence electrons. The topological polar surface area (TPSA) is 58.6 Å². The summed E-state index contributed by atoms with van der Waals surface area (Å²) in [6.07, 6.45) is -7.37. The van der Waals surface area contributed by atoms with E-state index >= 15 is 0 Å². The van der Waals surface area contributed by atoms with E-state index in [1.165, 1.54) is 0 Å². The Labute approximate surface area is 108 Å². The first kappa shape index (κ1) is 15.3. The number of para-hydroxylation sites is 1. The highest BCUT2D eigenvalue weighted by Crippen LogP contribution is 2.22.